The van der Waals surface area contributed by atoms with Crippen molar-refractivity contribution >= 4 is 16.9 Å². The number of hydrogen-bond donors (Lipinski definition) is 2. The maximum atomic E-state index is 12.1. The molecule has 5 heteroatoms. The number of rotatable bonds is 1. The molecule has 2 heterocycles. The van der Waals surface area contributed by atoms with Gasteiger partial charge in [0.05, 0.1) is 12.0 Å². The minimum absolute atomic E-state index is 0.238. The fourth-order valence-corrected chi connectivity index (χ4v) is 2.16. The monoisotopic (exact) mass is 231 g/mol. The summed E-state index contributed by atoms with van der Waals surface area (Å²) >= 11 is 0. The Morgan fingerprint density at radius 3 is 3.00 bits per heavy atom. The summed E-state index contributed by atoms with van der Waals surface area (Å²) in [5.41, 5.74) is 0.752. The molecule has 1 aromatic carbocycles. The van der Waals surface area contributed by atoms with Crippen molar-refractivity contribution in [2.45, 2.75) is 6.42 Å². The number of carboxylic acid groups (broad SMARTS) is 1. The quantitative estimate of drug-likeness (QED) is 0.771. The minimum atomic E-state index is -1.22. The first kappa shape index (κ1) is 9.89. The first-order valence-electron chi connectivity index (χ1n) is 5.22. The van der Waals surface area contributed by atoms with Crippen LogP contribution in [0.2, 0.25) is 0 Å². The van der Waals surface area contributed by atoms with Crippen molar-refractivity contribution in [2.24, 2.45) is 0 Å². The van der Waals surface area contributed by atoms with E-state index < -0.39 is 11.4 Å². The van der Waals surface area contributed by atoms with Crippen LogP contribution in [0.3, 0.4) is 0 Å². The van der Waals surface area contributed by atoms with Gasteiger partial charge in [0.15, 0.2) is 0 Å². The topological polar surface area (TPSA) is 79.4 Å². The fraction of sp³-hybridized carbons (Fsp3) is 0.167. The Balaban J connectivity index is 2.46. The summed E-state index contributed by atoms with van der Waals surface area (Å²) in [6.07, 6.45) is 1.87. The highest BCUT2D eigenvalue weighted by molar-refractivity contribution is 5.94. The van der Waals surface area contributed by atoms with Crippen molar-refractivity contribution in [3.05, 3.63) is 39.7 Å². The number of aromatic amines is 1. The lowest BCUT2D eigenvalue weighted by atomic mass is 10.0. The number of carbonyl (C=O) groups is 1. The molecule has 1 aliphatic rings. The van der Waals surface area contributed by atoms with Gasteiger partial charge in [0, 0.05) is 23.7 Å². The van der Waals surface area contributed by atoms with E-state index in [-0.39, 0.29) is 5.56 Å². The van der Waals surface area contributed by atoms with E-state index in [2.05, 4.69) is 4.98 Å². The second-order valence-corrected chi connectivity index (χ2v) is 3.90. The number of pyridine rings is 1. The second-order valence-electron chi connectivity index (χ2n) is 3.90. The number of nitrogens with one attached hydrogen (secondary N) is 1. The van der Waals surface area contributed by atoms with Gasteiger partial charge in [-0.15, -0.1) is 0 Å². The molecule has 1 aliphatic heterocycles. The van der Waals surface area contributed by atoms with E-state index >= 15 is 0 Å². The molecule has 17 heavy (non-hydrogen) atoms. The smallest absolute Gasteiger partial charge is 0.341 e. The van der Waals surface area contributed by atoms with Gasteiger partial charge >= 0.3 is 5.97 Å². The zero-order valence-electron chi connectivity index (χ0n) is 8.82. The Bertz CT molecular complexity index is 687. The van der Waals surface area contributed by atoms with E-state index in [1.54, 1.807) is 12.1 Å². The molecule has 2 N–H and O–H groups in total. The first-order chi connectivity index (χ1) is 8.18. The van der Waals surface area contributed by atoms with Crippen molar-refractivity contribution in [1.82, 2.24) is 4.98 Å². The molecule has 0 atom stereocenters. The highest BCUT2D eigenvalue weighted by atomic mass is 16.5. The van der Waals surface area contributed by atoms with Crippen molar-refractivity contribution in [1.29, 1.82) is 0 Å². The molecule has 3 rings (SSSR count). The van der Waals surface area contributed by atoms with Crippen molar-refractivity contribution in [2.75, 3.05) is 6.61 Å². The van der Waals surface area contributed by atoms with Crippen LogP contribution in [-0.2, 0) is 6.42 Å². The number of aromatic nitrogens is 1. The Morgan fingerprint density at radius 2 is 2.24 bits per heavy atom. The molecule has 2 aromatic rings. The number of aromatic carboxylic acids is 1. The predicted octanol–water partition coefficient (Wildman–Crippen LogP) is 1.16. The van der Waals surface area contributed by atoms with Gasteiger partial charge in [-0.05, 0) is 12.1 Å². The lowest BCUT2D eigenvalue weighted by molar-refractivity contribution is 0.0695. The van der Waals surface area contributed by atoms with Crippen LogP contribution in [0, 0.1) is 0 Å². The summed E-state index contributed by atoms with van der Waals surface area (Å²) in [5.74, 6) is -0.546. The Labute approximate surface area is 95.7 Å². The van der Waals surface area contributed by atoms with E-state index in [9.17, 15) is 9.59 Å². The molecular formula is C12H9NO4. The van der Waals surface area contributed by atoms with E-state index in [4.69, 9.17) is 9.84 Å². The van der Waals surface area contributed by atoms with Crippen LogP contribution in [-0.4, -0.2) is 22.7 Å². The molecule has 1 aromatic heterocycles. The second kappa shape index (κ2) is 3.35. The molecule has 0 saturated carbocycles. The summed E-state index contributed by atoms with van der Waals surface area (Å²) < 4.78 is 5.36. The lowest BCUT2D eigenvalue weighted by Crippen LogP contribution is -2.16. The molecular weight excluding hydrogens is 222 g/mol. The highest BCUT2D eigenvalue weighted by Crippen LogP contribution is 2.29. The number of hydrogen-bond acceptors (Lipinski definition) is 3. The molecule has 0 fully saturated rings. The van der Waals surface area contributed by atoms with Crippen LogP contribution in [0.1, 0.15) is 15.9 Å². The van der Waals surface area contributed by atoms with Gasteiger partial charge in [-0.2, -0.15) is 0 Å². The average Bonchev–Trinajstić information content (AvgIpc) is 2.76. The Kier molecular flexibility index (Phi) is 1.95. The van der Waals surface area contributed by atoms with Gasteiger partial charge in [-0.3, -0.25) is 4.79 Å². The first-order valence-corrected chi connectivity index (χ1v) is 5.22. The van der Waals surface area contributed by atoms with E-state index in [0.29, 0.717) is 29.7 Å². The molecule has 5 nitrogen and oxygen atoms in total. The van der Waals surface area contributed by atoms with E-state index in [1.165, 1.54) is 6.20 Å². The number of benzene rings is 1. The number of H-pyrrole nitrogens is 1. The van der Waals surface area contributed by atoms with Crippen molar-refractivity contribution in [3.63, 3.8) is 0 Å². The maximum absolute atomic E-state index is 12.1. The van der Waals surface area contributed by atoms with Crippen LogP contribution in [0.4, 0.5) is 0 Å². The Hall–Kier alpha value is -2.30. The SMILES string of the molecule is O=C(O)c1c[nH]c2ccc3c(c2c1=O)CCO3. The summed E-state index contributed by atoms with van der Waals surface area (Å²) in [6, 6.07) is 3.52. The van der Waals surface area contributed by atoms with Crippen LogP contribution in [0.25, 0.3) is 10.9 Å². The largest absolute Gasteiger partial charge is 0.493 e. The molecule has 0 radical (unpaired) electrons. The van der Waals surface area contributed by atoms with Crippen LogP contribution in [0.15, 0.2) is 23.1 Å². The van der Waals surface area contributed by atoms with Gasteiger partial charge in [-0.25, -0.2) is 4.79 Å². The predicted molar refractivity (Wildman–Crippen MR) is 60.7 cm³/mol. The molecule has 0 amide bonds. The number of fused-ring (bicyclic) bond motifs is 3. The van der Waals surface area contributed by atoms with Crippen molar-refractivity contribution < 1.29 is 14.6 Å². The molecule has 0 bridgehead atoms. The summed E-state index contributed by atoms with van der Waals surface area (Å²) in [6.45, 7) is 0.533. The van der Waals surface area contributed by atoms with Gasteiger partial charge in [0.2, 0.25) is 5.43 Å². The third-order valence-electron chi connectivity index (χ3n) is 2.95. The van der Waals surface area contributed by atoms with Gasteiger partial charge < -0.3 is 14.8 Å². The summed E-state index contributed by atoms with van der Waals surface area (Å²) in [7, 11) is 0. The standard InChI is InChI=1S/C12H9NO4/c14-11-7(12(15)16)5-13-8-1-2-9-6(10(8)11)3-4-17-9/h1-2,5H,3-4H2,(H,13,14)(H,15,16). The van der Waals surface area contributed by atoms with Crippen LogP contribution in [0.5, 0.6) is 5.75 Å². The zero-order chi connectivity index (χ0) is 12.0. The Morgan fingerprint density at radius 1 is 1.41 bits per heavy atom. The van der Waals surface area contributed by atoms with Gasteiger partial charge in [-0.1, -0.05) is 0 Å². The highest BCUT2D eigenvalue weighted by Gasteiger charge is 2.20. The number of ether oxygens (including phenoxy) is 1. The van der Waals surface area contributed by atoms with Gasteiger partial charge in [0.25, 0.3) is 0 Å². The molecule has 86 valence electrons. The lowest BCUT2D eigenvalue weighted by Gasteiger charge is -2.04. The van der Waals surface area contributed by atoms with Gasteiger partial charge in [0.1, 0.15) is 11.3 Å². The average molecular weight is 231 g/mol. The zero-order valence-corrected chi connectivity index (χ0v) is 8.82. The molecule has 0 spiro atoms. The van der Waals surface area contributed by atoms with E-state index in [0.717, 1.165) is 5.56 Å². The van der Waals surface area contributed by atoms with Crippen LogP contribution >= 0.6 is 0 Å². The normalized spacial score (nSPS) is 13.4. The summed E-state index contributed by atoms with van der Waals surface area (Å²) in [5, 5.41) is 9.35. The van der Waals surface area contributed by atoms with E-state index in [1.807, 2.05) is 0 Å². The number of carboxylic acids is 1. The third kappa shape index (κ3) is 1.32. The maximum Gasteiger partial charge on any atom is 0.341 e. The third-order valence-corrected chi connectivity index (χ3v) is 2.95. The van der Waals surface area contributed by atoms with Crippen LogP contribution < -0.4 is 10.2 Å². The summed E-state index contributed by atoms with van der Waals surface area (Å²) in [4.78, 5) is 25.8. The minimum Gasteiger partial charge on any atom is -0.493 e. The molecule has 0 unspecified atom stereocenters. The molecule has 0 saturated heterocycles. The molecule has 0 aliphatic carbocycles. The fourth-order valence-electron chi connectivity index (χ4n) is 2.16. The van der Waals surface area contributed by atoms with Crippen molar-refractivity contribution in [3.8, 4) is 5.75 Å².